The van der Waals surface area contributed by atoms with Crippen LogP contribution >= 0.6 is 0 Å². The first kappa shape index (κ1) is 17.0. The van der Waals surface area contributed by atoms with Crippen LogP contribution in [0.1, 0.15) is 0 Å². The van der Waals surface area contributed by atoms with Crippen molar-refractivity contribution in [1.82, 2.24) is 14.7 Å². The highest BCUT2D eigenvalue weighted by molar-refractivity contribution is 5.76. The first-order valence-corrected chi connectivity index (χ1v) is 8.37. The van der Waals surface area contributed by atoms with Crippen molar-refractivity contribution in [2.24, 2.45) is 0 Å². The Morgan fingerprint density at radius 3 is 2.40 bits per heavy atom. The molecule has 0 unspecified atom stereocenters. The maximum Gasteiger partial charge on any atom is 0.269 e. The number of carbonyl (C=O) groups excluding carboxylic acids is 1. The zero-order valence-corrected chi connectivity index (χ0v) is 14.6. The van der Waals surface area contributed by atoms with Gasteiger partial charge in [0, 0.05) is 52.0 Å². The van der Waals surface area contributed by atoms with E-state index in [1.54, 1.807) is 11.1 Å². The summed E-state index contributed by atoms with van der Waals surface area (Å²) in [5.74, 6) is -0.0695. The van der Waals surface area contributed by atoms with Crippen LogP contribution in [-0.4, -0.2) is 60.9 Å². The van der Waals surface area contributed by atoms with Gasteiger partial charge in [-0.05, 0) is 12.1 Å². The van der Waals surface area contributed by atoms with E-state index in [0.717, 1.165) is 18.8 Å². The van der Waals surface area contributed by atoms with Gasteiger partial charge >= 0.3 is 0 Å². The zero-order valence-electron chi connectivity index (χ0n) is 14.6. The van der Waals surface area contributed by atoms with Crippen molar-refractivity contribution in [3.8, 4) is 0 Å². The number of benzene rings is 1. The monoisotopic (exact) mass is 341 g/mol. The maximum atomic E-state index is 12.5. The van der Waals surface area contributed by atoms with E-state index < -0.39 is 0 Å². The maximum absolute atomic E-state index is 12.5. The molecule has 0 aliphatic carbocycles. The lowest BCUT2D eigenvalue weighted by Crippen LogP contribution is -2.50. The molecule has 1 saturated heterocycles. The molecule has 3 rings (SSSR count). The predicted molar refractivity (Wildman–Crippen MR) is 98.1 cm³/mol. The molecule has 1 aromatic carbocycles. The van der Waals surface area contributed by atoms with Crippen molar-refractivity contribution >= 4 is 17.3 Å². The molecule has 1 aliphatic rings. The normalized spacial score (nSPS) is 14.5. The predicted octanol–water partition coefficient (Wildman–Crippen LogP) is 0.658. The highest BCUT2D eigenvalue weighted by Gasteiger charge is 2.21. The first-order valence-electron chi connectivity index (χ1n) is 8.37. The Morgan fingerprint density at radius 1 is 1.12 bits per heavy atom. The average molecular weight is 341 g/mol. The summed E-state index contributed by atoms with van der Waals surface area (Å²) in [6, 6.07) is 11.7. The number of anilines is 2. The van der Waals surface area contributed by atoms with E-state index >= 15 is 0 Å². The SMILES string of the molecule is CN(C)c1cnn(CC(=O)N2CCN(c3ccccc3)CC2)c(=O)c1. The molecular formula is C18H23N5O2. The van der Waals surface area contributed by atoms with Gasteiger partial charge in [0.05, 0.1) is 11.9 Å². The van der Waals surface area contributed by atoms with Crippen LogP contribution in [0.25, 0.3) is 0 Å². The fourth-order valence-corrected chi connectivity index (χ4v) is 2.87. The van der Waals surface area contributed by atoms with E-state index in [9.17, 15) is 9.59 Å². The number of hydrogen-bond acceptors (Lipinski definition) is 5. The fraction of sp³-hybridized carbons (Fsp3) is 0.389. The molecule has 1 fully saturated rings. The van der Waals surface area contributed by atoms with Gasteiger partial charge in [0.2, 0.25) is 5.91 Å². The lowest BCUT2D eigenvalue weighted by Gasteiger charge is -2.36. The van der Waals surface area contributed by atoms with Gasteiger partial charge in [-0.25, -0.2) is 4.68 Å². The van der Waals surface area contributed by atoms with Crippen LogP contribution in [0, 0.1) is 0 Å². The molecule has 1 aliphatic heterocycles. The van der Waals surface area contributed by atoms with Gasteiger partial charge < -0.3 is 14.7 Å². The molecule has 1 amide bonds. The molecule has 25 heavy (non-hydrogen) atoms. The van der Waals surface area contributed by atoms with E-state index in [2.05, 4.69) is 22.1 Å². The largest absolute Gasteiger partial charge is 0.376 e. The van der Waals surface area contributed by atoms with E-state index in [-0.39, 0.29) is 18.0 Å². The number of piperazine rings is 1. The molecule has 0 N–H and O–H groups in total. The Balaban J connectivity index is 1.59. The van der Waals surface area contributed by atoms with Crippen molar-refractivity contribution in [3.63, 3.8) is 0 Å². The van der Waals surface area contributed by atoms with Crippen molar-refractivity contribution in [2.75, 3.05) is 50.1 Å². The molecule has 0 bridgehead atoms. The number of aromatic nitrogens is 2. The Kier molecular flexibility index (Phi) is 5.02. The molecule has 0 saturated carbocycles. The first-order chi connectivity index (χ1) is 12.0. The van der Waals surface area contributed by atoms with Gasteiger partial charge in [-0.15, -0.1) is 0 Å². The molecule has 0 spiro atoms. The summed E-state index contributed by atoms with van der Waals surface area (Å²) in [5, 5.41) is 4.10. The van der Waals surface area contributed by atoms with Crippen molar-refractivity contribution < 1.29 is 4.79 Å². The van der Waals surface area contributed by atoms with E-state index in [1.165, 1.54) is 16.4 Å². The Morgan fingerprint density at radius 2 is 1.80 bits per heavy atom. The smallest absolute Gasteiger partial charge is 0.269 e. The molecule has 132 valence electrons. The summed E-state index contributed by atoms with van der Waals surface area (Å²) >= 11 is 0. The third-order valence-electron chi connectivity index (χ3n) is 4.41. The van der Waals surface area contributed by atoms with Crippen LogP contribution in [0.4, 0.5) is 11.4 Å². The molecule has 2 aromatic rings. The minimum Gasteiger partial charge on any atom is -0.376 e. The number of hydrogen-bond donors (Lipinski definition) is 0. The quantitative estimate of drug-likeness (QED) is 0.817. The second kappa shape index (κ2) is 7.38. The number of para-hydroxylation sites is 1. The van der Waals surface area contributed by atoms with Gasteiger partial charge in [0.15, 0.2) is 0 Å². The van der Waals surface area contributed by atoms with Crippen LogP contribution in [0.3, 0.4) is 0 Å². The molecule has 0 atom stereocenters. The van der Waals surface area contributed by atoms with Crippen LogP contribution in [0.2, 0.25) is 0 Å². The summed E-state index contributed by atoms with van der Waals surface area (Å²) in [7, 11) is 3.69. The summed E-state index contributed by atoms with van der Waals surface area (Å²) in [6.45, 7) is 2.86. The number of nitrogens with zero attached hydrogens (tertiary/aromatic N) is 5. The number of rotatable bonds is 4. The van der Waals surface area contributed by atoms with Gasteiger partial charge in [0.1, 0.15) is 6.54 Å². The molecule has 2 heterocycles. The Labute approximate surface area is 147 Å². The minimum atomic E-state index is -0.262. The van der Waals surface area contributed by atoms with Gasteiger partial charge in [-0.1, -0.05) is 18.2 Å². The average Bonchev–Trinajstić information content (AvgIpc) is 2.64. The standard InChI is InChI=1S/C18H23N5O2/c1-20(2)16-12-17(24)23(19-13-16)14-18(25)22-10-8-21(9-11-22)15-6-4-3-5-7-15/h3-7,12-13H,8-11,14H2,1-2H3. The van der Waals surface area contributed by atoms with Crippen LogP contribution in [0.5, 0.6) is 0 Å². The highest BCUT2D eigenvalue weighted by Crippen LogP contribution is 2.15. The fourth-order valence-electron chi connectivity index (χ4n) is 2.87. The lowest BCUT2D eigenvalue weighted by molar-refractivity contribution is -0.132. The third-order valence-corrected chi connectivity index (χ3v) is 4.41. The van der Waals surface area contributed by atoms with Gasteiger partial charge in [-0.3, -0.25) is 9.59 Å². The van der Waals surface area contributed by atoms with Gasteiger partial charge in [0.25, 0.3) is 5.56 Å². The zero-order chi connectivity index (χ0) is 17.8. The summed E-state index contributed by atoms with van der Waals surface area (Å²) in [6.07, 6.45) is 1.60. The molecule has 1 aromatic heterocycles. The molecule has 7 heteroatoms. The topological polar surface area (TPSA) is 61.7 Å². The van der Waals surface area contributed by atoms with Crippen LogP contribution in [-0.2, 0) is 11.3 Å². The van der Waals surface area contributed by atoms with Crippen LogP contribution < -0.4 is 15.4 Å². The van der Waals surface area contributed by atoms with Crippen molar-refractivity contribution in [3.05, 3.63) is 52.9 Å². The Hall–Kier alpha value is -2.83. The van der Waals surface area contributed by atoms with E-state index in [1.807, 2.05) is 37.2 Å². The van der Waals surface area contributed by atoms with E-state index in [4.69, 9.17) is 0 Å². The Bertz CT molecular complexity index is 780. The second-order valence-corrected chi connectivity index (χ2v) is 6.31. The summed E-state index contributed by atoms with van der Waals surface area (Å²) < 4.78 is 1.22. The summed E-state index contributed by atoms with van der Waals surface area (Å²) in [4.78, 5) is 30.4. The summed E-state index contributed by atoms with van der Waals surface area (Å²) in [5.41, 5.74) is 1.64. The lowest BCUT2D eigenvalue weighted by atomic mass is 10.2. The van der Waals surface area contributed by atoms with Crippen molar-refractivity contribution in [1.29, 1.82) is 0 Å². The minimum absolute atomic E-state index is 0.0160. The molecule has 0 radical (unpaired) electrons. The second-order valence-electron chi connectivity index (χ2n) is 6.31. The van der Waals surface area contributed by atoms with Gasteiger partial charge in [-0.2, -0.15) is 5.10 Å². The third kappa shape index (κ3) is 3.99. The number of carbonyl (C=O) groups is 1. The molecular weight excluding hydrogens is 318 g/mol. The van der Waals surface area contributed by atoms with Crippen LogP contribution in [0.15, 0.2) is 47.4 Å². The number of amides is 1. The molecule has 7 nitrogen and oxygen atoms in total. The van der Waals surface area contributed by atoms with Crippen molar-refractivity contribution in [2.45, 2.75) is 6.54 Å². The highest BCUT2D eigenvalue weighted by atomic mass is 16.2. The van der Waals surface area contributed by atoms with E-state index in [0.29, 0.717) is 13.1 Å².